The zero-order valence-corrected chi connectivity index (χ0v) is 20.4. The molecule has 0 aliphatic heterocycles. The number of methoxy groups -OCH3 is 1. The lowest BCUT2D eigenvalue weighted by atomic mass is 10.0. The highest BCUT2D eigenvalue weighted by atomic mass is 35.5. The third-order valence-corrected chi connectivity index (χ3v) is 6.33. The summed E-state index contributed by atoms with van der Waals surface area (Å²) in [4.78, 5) is 25.9. The molecule has 1 heterocycles. The molecule has 0 saturated heterocycles. The Labute approximate surface area is 205 Å². The summed E-state index contributed by atoms with van der Waals surface area (Å²) in [6, 6.07) is 12.1. The van der Waals surface area contributed by atoms with Gasteiger partial charge in [0.2, 0.25) is 5.91 Å². The van der Waals surface area contributed by atoms with Crippen molar-refractivity contribution in [2.45, 2.75) is 19.8 Å². The average molecular weight is 513 g/mol. The number of hydrogen-bond donors (Lipinski definition) is 1. The Kier molecular flexibility index (Phi) is 8.43. The predicted molar refractivity (Wildman–Crippen MR) is 131 cm³/mol. The van der Waals surface area contributed by atoms with E-state index < -0.39 is 5.97 Å². The van der Waals surface area contributed by atoms with E-state index in [-0.39, 0.29) is 12.3 Å². The fraction of sp³-hybridized carbons (Fsp3) is 0.217. The molecule has 1 N–H and O–H groups in total. The van der Waals surface area contributed by atoms with Crippen LogP contribution in [0.5, 0.6) is 5.75 Å². The van der Waals surface area contributed by atoms with E-state index in [4.69, 9.17) is 44.3 Å². The van der Waals surface area contributed by atoms with E-state index in [1.807, 2.05) is 13.0 Å². The Balaban J connectivity index is 1.69. The summed E-state index contributed by atoms with van der Waals surface area (Å²) < 4.78 is 10.6. The summed E-state index contributed by atoms with van der Waals surface area (Å²) in [5.74, 6) is -0.260. The fourth-order valence-electron chi connectivity index (χ4n) is 3.12. The van der Waals surface area contributed by atoms with Gasteiger partial charge >= 0.3 is 5.97 Å². The van der Waals surface area contributed by atoms with Crippen LogP contribution in [0.4, 0.5) is 5.00 Å². The van der Waals surface area contributed by atoms with Crippen molar-refractivity contribution < 1.29 is 19.1 Å². The first-order chi connectivity index (χ1) is 15.3. The molecule has 1 amide bonds. The van der Waals surface area contributed by atoms with Crippen molar-refractivity contribution in [3.8, 4) is 16.9 Å². The van der Waals surface area contributed by atoms with E-state index in [1.165, 1.54) is 18.4 Å². The maximum atomic E-state index is 12.5. The molecule has 1 aromatic heterocycles. The molecule has 0 radical (unpaired) electrons. The average Bonchev–Trinajstić information content (AvgIpc) is 3.07. The molecular formula is C23H20Cl3NO4S. The zero-order chi connectivity index (χ0) is 23.3. The van der Waals surface area contributed by atoms with E-state index in [9.17, 15) is 9.59 Å². The van der Waals surface area contributed by atoms with Gasteiger partial charge in [-0.15, -0.1) is 11.3 Å². The molecule has 3 rings (SSSR count). The van der Waals surface area contributed by atoms with E-state index in [0.29, 0.717) is 50.0 Å². The Morgan fingerprint density at radius 3 is 2.50 bits per heavy atom. The molecule has 0 spiro atoms. The van der Waals surface area contributed by atoms with Gasteiger partial charge in [-0.3, -0.25) is 4.79 Å². The van der Waals surface area contributed by atoms with Crippen LogP contribution in [0.1, 0.15) is 28.1 Å². The SMILES string of the molecule is COC(=O)c1c(NC(=O)CCCOc2ccc(Cl)cc2Cl)sc(C)c1-c1cccc(Cl)c1. The molecule has 0 bridgehead atoms. The Hall–Kier alpha value is -2.25. The molecule has 0 atom stereocenters. The lowest BCUT2D eigenvalue weighted by Gasteiger charge is -2.09. The van der Waals surface area contributed by atoms with Gasteiger partial charge in [-0.05, 0) is 49.2 Å². The number of hydrogen-bond acceptors (Lipinski definition) is 5. The minimum absolute atomic E-state index is 0.204. The van der Waals surface area contributed by atoms with Gasteiger partial charge in [-0.25, -0.2) is 4.79 Å². The van der Waals surface area contributed by atoms with Crippen molar-refractivity contribution in [1.29, 1.82) is 0 Å². The molecule has 5 nitrogen and oxygen atoms in total. The lowest BCUT2D eigenvalue weighted by Crippen LogP contribution is -2.15. The van der Waals surface area contributed by atoms with Gasteiger partial charge in [0.1, 0.15) is 16.3 Å². The van der Waals surface area contributed by atoms with Crippen molar-refractivity contribution in [3.63, 3.8) is 0 Å². The standard InChI is InChI=1S/C23H20Cl3NO4S/c1-13-20(14-5-3-6-15(24)11-14)21(23(29)30-2)22(32-13)27-19(28)7-4-10-31-18-9-8-16(25)12-17(18)26/h3,5-6,8-9,11-12H,4,7,10H2,1-2H3,(H,27,28). The second-order valence-corrected chi connectivity index (χ2v) is 9.32. The van der Waals surface area contributed by atoms with Gasteiger partial charge < -0.3 is 14.8 Å². The number of carbonyl (C=O) groups is 2. The van der Waals surface area contributed by atoms with Gasteiger partial charge in [0.25, 0.3) is 0 Å². The van der Waals surface area contributed by atoms with Crippen LogP contribution in [0.15, 0.2) is 42.5 Å². The van der Waals surface area contributed by atoms with Crippen LogP contribution >= 0.6 is 46.1 Å². The van der Waals surface area contributed by atoms with Crippen LogP contribution in [-0.2, 0) is 9.53 Å². The highest BCUT2D eigenvalue weighted by Gasteiger charge is 2.25. The Bertz CT molecular complexity index is 1150. The summed E-state index contributed by atoms with van der Waals surface area (Å²) >= 11 is 19.4. The first kappa shape index (κ1) is 24.4. The molecule has 0 unspecified atom stereocenters. The molecule has 2 aromatic carbocycles. The van der Waals surface area contributed by atoms with Gasteiger partial charge in [0, 0.05) is 26.9 Å². The van der Waals surface area contributed by atoms with E-state index in [0.717, 1.165) is 10.4 Å². The highest BCUT2D eigenvalue weighted by Crippen LogP contribution is 2.41. The normalized spacial score (nSPS) is 10.7. The molecule has 0 fully saturated rings. The molecule has 168 valence electrons. The van der Waals surface area contributed by atoms with Gasteiger partial charge in [-0.1, -0.05) is 46.9 Å². The van der Waals surface area contributed by atoms with Crippen molar-refractivity contribution >= 4 is 63.0 Å². The molecular weight excluding hydrogens is 493 g/mol. The predicted octanol–water partition coefficient (Wildman–Crippen LogP) is 7.27. The smallest absolute Gasteiger partial charge is 0.341 e. The fourth-order valence-corrected chi connectivity index (χ4v) is 4.85. The summed E-state index contributed by atoms with van der Waals surface area (Å²) in [5, 5.41) is 4.76. The topological polar surface area (TPSA) is 64.6 Å². The number of ether oxygens (including phenoxy) is 2. The second-order valence-electron chi connectivity index (χ2n) is 6.81. The van der Waals surface area contributed by atoms with Crippen molar-refractivity contribution in [2.75, 3.05) is 19.0 Å². The summed E-state index contributed by atoms with van der Waals surface area (Å²) in [5.41, 5.74) is 1.79. The van der Waals surface area contributed by atoms with Gasteiger partial charge in [0.15, 0.2) is 0 Å². The summed E-state index contributed by atoms with van der Waals surface area (Å²) in [6.07, 6.45) is 0.666. The molecule has 9 heteroatoms. The summed E-state index contributed by atoms with van der Waals surface area (Å²) in [6.45, 7) is 2.18. The van der Waals surface area contributed by atoms with Crippen LogP contribution in [0.3, 0.4) is 0 Å². The molecule has 32 heavy (non-hydrogen) atoms. The van der Waals surface area contributed by atoms with Gasteiger partial charge in [-0.2, -0.15) is 0 Å². The van der Waals surface area contributed by atoms with Crippen molar-refractivity contribution in [2.24, 2.45) is 0 Å². The third kappa shape index (κ3) is 5.95. The van der Waals surface area contributed by atoms with E-state index in [2.05, 4.69) is 5.32 Å². The first-order valence-corrected chi connectivity index (χ1v) is 11.6. The van der Waals surface area contributed by atoms with Crippen LogP contribution in [-0.4, -0.2) is 25.6 Å². The molecule has 0 aliphatic rings. The van der Waals surface area contributed by atoms with Gasteiger partial charge in [0.05, 0.1) is 18.7 Å². The monoisotopic (exact) mass is 511 g/mol. The number of aryl methyl sites for hydroxylation is 1. The number of rotatable bonds is 8. The lowest BCUT2D eigenvalue weighted by molar-refractivity contribution is -0.116. The maximum absolute atomic E-state index is 12.5. The number of anilines is 1. The van der Waals surface area contributed by atoms with Crippen LogP contribution < -0.4 is 10.1 Å². The summed E-state index contributed by atoms with van der Waals surface area (Å²) in [7, 11) is 1.31. The molecule has 0 aliphatic carbocycles. The van der Waals surface area contributed by atoms with E-state index in [1.54, 1.807) is 36.4 Å². The number of benzene rings is 2. The molecule has 0 saturated carbocycles. The second kappa shape index (κ2) is 11.1. The van der Waals surface area contributed by atoms with Crippen molar-refractivity contribution in [3.05, 3.63) is 68.0 Å². The number of carbonyl (C=O) groups excluding carboxylic acids is 2. The van der Waals surface area contributed by atoms with Crippen LogP contribution in [0.25, 0.3) is 11.1 Å². The quantitative estimate of drug-likeness (QED) is 0.255. The highest BCUT2D eigenvalue weighted by molar-refractivity contribution is 7.17. The number of esters is 1. The van der Waals surface area contributed by atoms with Crippen LogP contribution in [0.2, 0.25) is 15.1 Å². The number of nitrogens with one attached hydrogen (secondary N) is 1. The first-order valence-electron chi connectivity index (χ1n) is 9.65. The number of thiophene rings is 1. The maximum Gasteiger partial charge on any atom is 0.341 e. The minimum Gasteiger partial charge on any atom is -0.492 e. The van der Waals surface area contributed by atoms with E-state index >= 15 is 0 Å². The minimum atomic E-state index is -0.527. The van der Waals surface area contributed by atoms with Crippen LogP contribution in [0, 0.1) is 6.92 Å². The Morgan fingerprint density at radius 2 is 1.81 bits per heavy atom. The molecule has 3 aromatic rings. The third-order valence-electron chi connectivity index (χ3n) is 4.54. The largest absolute Gasteiger partial charge is 0.492 e. The number of amides is 1. The number of halogens is 3. The van der Waals surface area contributed by atoms with Crippen molar-refractivity contribution in [1.82, 2.24) is 0 Å². The zero-order valence-electron chi connectivity index (χ0n) is 17.3. The Morgan fingerprint density at radius 1 is 1.06 bits per heavy atom.